The number of anilines is 1. The summed E-state index contributed by atoms with van der Waals surface area (Å²) in [7, 11) is 0. The average Bonchev–Trinajstić information content (AvgIpc) is 2.25. The first-order valence-electron chi connectivity index (χ1n) is 6.30. The standard InChI is InChI=1S/C14H19ClN2OS/c1-9-7-17(8-14(2,3)18-9)12-5-4-10(15)6-11(12)13(16)19/h4-6,9H,7-8H2,1-3H3,(H2,16,19). The van der Waals surface area contributed by atoms with E-state index >= 15 is 0 Å². The molecule has 0 spiro atoms. The number of hydrogen-bond donors (Lipinski definition) is 1. The van der Waals surface area contributed by atoms with Crippen LogP contribution in [0.4, 0.5) is 5.69 Å². The van der Waals surface area contributed by atoms with Gasteiger partial charge in [0, 0.05) is 29.4 Å². The van der Waals surface area contributed by atoms with Crippen LogP contribution in [-0.4, -0.2) is 29.8 Å². The second kappa shape index (κ2) is 5.27. The van der Waals surface area contributed by atoms with Gasteiger partial charge in [-0.25, -0.2) is 0 Å². The third kappa shape index (κ3) is 3.38. The summed E-state index contributed by atoms with van der Waals surface area (Å²) < 4.78 is 5.92. The minimum absolute atomic E-state index is 0.165. The van der Waals surface area contributed by atoms with Crippen LogP contribution in [0.2, 0.25) is 5.02 Å². The van der Waals surface area contributed by atoms with Crippen molar-refractivity contribution in [1.29, 1.82) is 0 Å². The molecule has 1 heterocycles. The summed E-state index contributed by atoms with van der Waals surface area (Å²) in [6.07, 6.45) is 0.165. The molecular formula is C14H19ClN2OS. The molecule has 0 radical (unpaired) electrons. The van der Waals surface area contributed by atoms with Crippen molar-refractivity contribution in [3.05, 3.63) is 28.8 Å². The maximum Gasteiger partial charge on any atom is 0.106 e. The molecule has 0 saturated carbocycles. The zero-order chi connectivity index (χ0) is 14.2. The van der Waals surface area contributed by atoms with Crippen molar-refractivity contribution in [2.75, 3.05) is 18.0 Å². The van der Waals surface area contributed by atoms with E-state index in [2.05, 4.69) is 25.7 Å². The highest BCUT2D eigenvalue weighted by Crippen LogP contribution is 2.30. The number of nitrogens with zero attached hydrogens (tertiary/aromatic N) is 1. The van der Waals surface area contributed by atoms with Gasteiger partial charge in [-0.15, -0.1) is 0 Å². The number of rotatable bonds is 2. The van der Waals surface area contributed by atoms with Gasteiger partial charge < -0.3 is 15.4 Å². The van der Waals surface area contributed by atoms with E-state index in [9.17, 15) is 0 Å². The largest absolute Gasteiger partial charge is 0.389 e. The highest BCUT2D eigenvalue weighted by atomic mass is 35.5. The quantitative estimate of drug-likeness (QED) is 0.852. The zero-order valence-corrected chi connectivity index (χ0v) is 13.0. The smallest absolute Gasteiger partial charge is 0.106 e. The Balaban J connectivity index is 2.38. The van der Waals surface area contributed by atoms with Gasteiger partial charge in [0.15, 0.2) is 0 Å². The molecule has 104 valence electrons. The van der Waals surface area contributed by atoms with Crippen LogP contribution in [0.1, 0.15) is 26.3 Å². The fraction of sp³-hybridized carbons (Fsp3) is 0.500. The highest BCUT2D eigenvalue weighted by molar-refractivity contribution is 7.80. The minimum Gasteiger partial charge on any atom is -0.389 e. The van der Waals surface area contributed by atoms with Gasteiger partial charge in [-0.3, -0.25) is 0 Å². The Kier molecular flexibility index (Phi) is 4.04. The monoisotopic (exact) mass is 298 g/mol. The summed E-state index contributed by atoms with van der Waals surface area (Å²) in [5, 5.41) is 0.645. The van der Waals surface area contributed by atoms with Gasteiger partial charge in [-0.05, 0) is 39.0 Å². The van der Waals surface area contributed by atoms with E-state index in [1.54, 1.807) is 0 Å². The Morgan fingerprint density at radius 3 is 2.79 bits per heavy atom. The van der Waals surface area contributed by atoms with Crippen molar-refractivity contribution < 1.29 is 4.74 Å². The lowest BCUT2D eigenvalue weighted by atomic mass is 10.0. The summed E-state index contributed by atoms with van der Waals surface area (Å²) in [4.78, 5) is 2.63. The fourth-order valence-corrected chi connectivity index (χ4v) is 2.95. The number of thiocarbonyl (C=S) groups is 1. The molecule has 3 nitrogen and oxygen atoms in total. The maximum atomic E-state index is 6.03. The maximum absolute atomic E-state index is 6.03. The molecule has 1 fully saturated rings. The molecular weight excluding hydrogens is 280 g/mol. The van der Waals surface area contributed by atoms with Crippen molar-refractivity contribution >= 4 is 34.5 Å². The predicted molar refractivity (Wildman–Crippen MR) is 84.2 cm³/mol. The molecule has 2 rings (SSSR count). The Bertz CT molecular complexity index is 504. The van der Waals surface area contributed by atoms with Crippen molar-refractivity contribution in [2.45, 2.75) is 32.5 Å². The van der Waals surface area contributed by atoms with E-state index in [0.717, 1.165) is 24.3 Å². The number of halogens is 1. The molecule has 1 aliphatic heterocycles. The molecule has 0 amide bonds. The summed E-state index contributed by atoms with van der Waals surface area (Å²) in [6, 6.07) is 5.67. The van der Waals surface area contributed by atoms with E-state index < -0.39 is 0 Å². The van der Waals surface area contributed by atoms with Gasteiger partial charge in [0.2, 0.25) is 0 Å². The molecule has 2 N–H and O–H groups in total. The Morgan fingerprint density at radius 1 is 1.53 bits per heavy atom. The van der Waals surface area contributed by atoms with Gasteiger partial charge in [-0.2, -0.15) is 0 Å². The molecule has 1 atom stereocenters. The van der Waals surface area contributed by atoms with Gasteiger partial charge in [0.05, 0.1) is 11.7 Å². The highest BCUT2D eigenvalue weighted by Gasteiger charge is 2.32. The van der Waals surface area contributed by atoms with Crippen LogP contribution >= 0.6 is 23.8 Å². The lowest BCUT2D eigenvalue weighted by Crippen LogP contribution is -2.52. The zero-order valence-electron chi connectivity index (χ0n) is 11.4. The van der Waals surface area contributed by atoms with E-state index in [1.165, 1.54) is 0 Å². The number of nitrogens with two attached hydrogens (primary N) is 1. The number of ether oxygens (including phenoxy) is 1. The van der Waals surface area contributed by atoms with E-state index in [4.69, 9.17) is 34.3 Å². The second-order valence-electron chi connectivity index (χ2n) is 5.59. The molecule has 1 saturated heterocycles. The average molecular weight is 299 g/mol. The molecule has 1 aliphatic rings. The lowest BCUT2D eigenvalue weighted by Gasteiger charge is -2.43. The van der Waals surface area contributed by atoms with Crippen molar-refractivity contribution in [3.8, 4) is 0 Å². The molecule has 5 heteroatoms. The molecule has 0 bridgehead atoms. The van der Waals surface area contributed by atoms with Crippen LogP contribution in [0, 0.1) is 0 Å². The van der Waals surface area contributed by atoms with Crippen LogP contribution in [-0.2, 0) is 4.74 Å². The van der Waals surface area contributed by atoms with Crippen LogP contribution in [0.15, 0.2) is 18.2 Å². The fourth-order valence-electron chi connectivity index (χ4n) is 2.62. The van der Waals surface area contributed by atoms with E-state index in [1.807, 2.05) is 18.2 Å². The number of hydrogen-bond acceptors (Lipinski definition) is 3. The van der Waals surface area contributed by atoms with Crippen molar-refractivity contribution in [1.82, 2.24) is 0 Å². The first-order chi connectivity index (χ1) is 8.78. The minimum atomic E-state index is -0.190. The number of morpholine rings is 1. The molecule has 0 aromatic heterocycles. The summed E-state index contributed by atoms with van der Waals surface area (Å²) in [5.74, 6) is 0. The third-order valence-corrected chi connectivity index (χ3v) is 3.59. The molecule has 1 unspecified atom stereocenters. The van der Waals surface area contributed by atoms with Crippen molar-refractivity contribution in [2.24, 2.45) is 5.73 Å². The van der Waals surface area contributed by atoms with Crippen LogP contribution in [0.3, 0.4) is 0 Å². The van der Waals surface area contributed by atoms with Crippen molar-refractivity contribution in [3.63, 3.8) is 0 Å². The first-order valence-corrected chi connectivity index (χ1v) is 7.09. The predicted octanol–water partition coefficient (Wildman–Crippen LogP) is 2.98. The normalized spacial score (nSPS) is 22.3. The van der Waals surface area contributed by atoms with Crippen LogP contribution < -0.4 is 10.6 Å². The Labute approximate surface area is 124 Å². The molecule has 1 aromatic rings. The molecule has 19 heavy (non-hydrogen) atoms. The molecule has 0 aliphatic carbocycles. The van der Waals surface area contributed by atoms with E-state index in [-0.39, 0.29) is 11.7 Å². The Morgan fingerprint density at radius 2 is 2.21 bits per heavy atom. The third-order valence-electron chi connectivity index (χ3n) is 3.13. The molecule has 1 aromatic carbocycles. The summed E-state index contributed by atoms with van der Waals surface area (Å²) in [6.45, 7) is 7.87. The van der Waals surface area contributed by atoms with Gasteiger partial charge >= 0.3 is 0 Å². The van der Waals surface area contributed by atoms with Gasteiger partial charge in [0.1, 0.15) is 4.99 Å². The van der Waals surface area contributed by atoms with Crippen LogP contribution in [0.25, 0.3) is 0 Å². The number of benzene rings is 1. The topological polar surface area (TPSA) is 38.5 Å². The lowest BCUT2D eigenvalue weighted by molar-refractivity contribution is -0.0749. The summed E-state index contributed by atoms with van der Waals surface area (Å²) >= 11 is 11.2. The second-order valence-corrected chi connectivity index (χ2v) is 6.47. The Hall–Kier alpha value is -0.840. The van der Waals surface area contributed by atoms with Gasteiger partial charge in [-0.1, -0.05) is 23.8 Å². The summed E-state index contributed by atoms with van der Waals surface area (Å²) in [5.41, 5.74) is 7.47. The first kappa shape index (κ1) is 14.6. The van der Waals surface area contributed by atoms with Crippen LogP contribution in [0.5, 0.6) is 0 Å². The van der Waals surface area contributed by atoms with E-state index in [0.29, 0.717) is 10.0 Å². The van der Waals surface area contributed by atoms with Gasteiger partial charge in [0.25, 0.3) is 0 Å². The SMILES string of the molecule is CC1CN(c2ccc(Cl)cc2C(N)=S)CC(C)(C)O1.